The summed E-state index contributed by atoms with van der Waals surface area (Å²) in [5, 5.41) is 3.67. The Hall–Kier alpha value is -0.610. The van der Waals surface area contributed by atoms with Crippen LogP contribution in [0, 0.1) is 0 Å². The maximum atomic E-state index is 11.0. The molecule has 0 saturated carbocycles. The van der Waals surface area contributed by atoms with E-state index in [1.807, 2.05) is 11.9 Å². The van der Waals surface area contributed by atoms with Gasteiger partial charge in [-0.3, -0.25) is 9.80 Å². The van der Waals surface area contributed by atoms with E-state index in [4.69, 9.17) is 5.73 Å². The van der Waals surface area contributed by atoms with Crippen LogP contribution >= 0.6 is 0 Å². The Morgan fingerprint density at radius 3 is 2.73 bits per heavy atom. The van der Waals surface area contributed by atoms with Gasteiger partial charge in [0.2, 0.25) is 5.91 Å². The van der Waals surface area contributed by atoms with Crippen molar-refractivity contribution in [2.75, 3.05) is 20.1 Å². The number of hydrogen-bond acceptors (Lipinski definition) is 3. The topological polar surface area (TPSA) is 49.6 Å². The Morgan fingerprint density at radius 2 is 2.36 bits per heavy atom. The van der Waals surface area contributed by atoms with Gasteiger partial charge in [-0.2, -0.15) is 0 Å². The fourth-order valence-electron chi connectivity index (χ4n) is 1.30. The Bertz CT molecular complexity index is 160. The first-order valence-electron chi connectivity index (χ1n) is 3.90. The molecule has 1 fully saturated rings. The molecule has 1 saturated heterocycles. The normalized spacial score (nSPS) is 22.8. The summed E-state index contributed by atoms with van der Waals surface area (Å²) in [6.45, 7) is 3.43. The summed E-state index contributed by atoms with van der Waals surface area (Å²) in [5.41, 5.74) is 5.48. The number of nitrogens with two attached hydrogens (primary N) is 1. The smallest absolute Gasteiger partial charge is 0.237 e. The third kappa shape index (κ3) is 1.52. The van der Waals surface area contributed by atoms with Crippen LogP contribution in [-0.4, -0.2) is 42.1 Å². The van der Waals surface area contributed by atoms with E-state index in [1.165, 1.54) is 0 Å². The van der Waals surface area contributed by atoms with Crippen molar-refractivity contribution < 1.29 is 4.79 Å². The van der Waals surface area contributed by atoms with Gasteiger partial charge in [0.1, 0.15) is 0 Å². The number of carbonyl (C=O) groups excluding carboxylic acids is 1. The van der Waals surface area contributed by atoms with E-state index < -0.39 is 0 Å². The van der Waals surface area contributed by atoms with Crippen LogP contribution in [0.15, 0.2) is 0 Å². The Kier molecular flexibility index (Phi) is 2.46. The zero-order valence-electron chi connectivity index (χ0n) is 7.08. The molecule has 1 heterocycles. The average Bonchev–Trinajstić information content (AvgIpc) is 2.32. The van der Waals surface area contributed by atoms with E-state index in [0.717, 1.165) is 6.54 Å². The highest BCUT2D eigenvalue weighted by molar-refractivity contribution is 5.77. The van der Waals surface area contributed by atoms with Gasteiger partial charge in [0.25, 0.3) is 0 Å². The molecule has 0 aromatic carbocycles. The predicted molar refractivity (Wildman–Crippen MR) is 42.6 cm³/mol. The molecule has 0 radical (unpaired) electrons. The van der Waals surface area contributed by atoms with Crippen LogP contribution in [0.2, 0.25) is 0 Å². The predicted octanol–water partition coefficient (Wildman–Crippen LogP) is -0.587. The molecule has 1 unspecified atom stereocenters. The number of hydrazine groups is 1. The molecule has 0 aromatic rings. The summed E-state index contributed by atoms with van der Waals surface area (Å²) in [4.78, 5) is 11.0. The number of amides is 1. The van der Waals surface area contributed by atoms with Crippen molar-refractivity contribution in [1.29, 1.82) is 0 Å². The molecule has 0 spiro atoms. The second-order valence-corrected chi connectivity index (χ2v) is 2.92. The Balaban J connectivity index is 2.54. The van der Waals surface area contributed by atoms with Crippen LogP contribution in [-0.2, 0) is 4.79 Å². The lowest BCUT2D eigenvalue weighted by Crippen LogP contribution is -2.45. The van der Waals surface area contributed by atoms with E-state index in [-0.39, 0.29) is 11.9 Å². The highest BCUT2D eigenvalue weighted by Crippen LogP contribution is 2.11. The van der Waals surface area contributed by atoms with Crippen molar-refractivity contribution >= 4 is 5.91 Å². The van der Waals surface area contributed by atoms with Crippen LogP contribution in [0.1, 0.15) is 13.3 Å². The molecule has 1 rings (SSSR count). The molecule has 0 aliphatic carbocycles. The molecule has 64 valence electrons. The Labute approximate surface area is 66.9 Å². The van der Waals surface area contributed by atoms with E-state index in [1.54, 1.807) is 12.1 Å². The van der Waals surface area contributed by atoms with Gasteiger partial charge in [-0.15, -0.1) is 0 Å². The molecule has 1 aliphatic rings. The maximum absolute atomic E-state index is 11.0. The molecule has 1 atom stereocenters. The van der Waals surface area contributed by atoms with Gasteiger partial charge in [-0.25, -0.2) is 5.01 Å². The molecule has 0 bridgehead atoms. The maximum Gasteiger partial charge on any atom is 0.237 e. The summed E-state index contributed by atoms with van der Waals surface area (Å²) in [7, 11) is 1.79. The van der Waals surface area contributed by atoms with Crippen LogP contribution < -0.4 is 5.73 Å². The summed E-state index contributed by atoms with van der Waals surface area (Å²) >= 11 is 0. The largest absolute Gasteiger partial charge is 0.329 e. The summed E-state index contributed by atoms with van der Waals surface area (Å²) in [5.74, 6) is 0.185. The van der Waals surface area contributed by atoms with Gasteiger partial charge >= 0.3 is 0 Å². The van der Waals surface area contributed by atoms with Crippen molar-refractivity contribution in [3.63, 3.8) is 0 Å². The minimum Gasteiger partial charge on any atom is -0.329 e. The highest BCUT2D eigenvalue weighted by atomic mass is 16.2. The summed E-state index contributed by atoms with van der Waals surface area (Å²) in [6, 6.07) is 0.270. The fourth-order valence-corrected chi connectivity index (χ4v) is 1.30. The first-order valence-corrected chi connectivity index (χ1v) is 3.90. The second kappa shape index (κ2) is 3.19. The van der Waals surface area contributed by atoms with Gasteiger partial charge in [0.15, 0.2) is 0 Å². The average molecular weight is 157 g/mol. The standard InChI is InChI=1S/C7H15N3O/c1-6(5-8)10-4-3-7(11)9(10)2/h6H,3-5,8H2,1-2H3. The van der Waals surface area contributed by atoms with Gasteiger partial charge in [0, 0.05) is 32.6 Å². The monoisotopic (exact) mass is 157 g/mol. The van der Waals surface area contributed by atoms with E-state index in [9.17, 15) is 4.79 Å². The lowest BCUT2D eigenvalue weighted by atomic mass is 10.3. The molecule has 0 aromatic heterocycles. The van der Waals surface area contributed by atoms with Crippen molar-refractivity contribution in [1.82, 2.24) is 10.0 Å². The quantitative estimate of drug-likeness (QED) is 0.583. The molecular weight excluding hydrogens is 142 g/mol. The molecule has 4 nitrogen and oxygen atoms in total. The molecule has 11 heavy (non-hydrogen) atoms. The van der Waals surface area contributed by atoms with E-state index >= 15 is 0 Å². The van der Waals surface area contributed by atoms with Crippen molar-refractivity contribution in [2.45, 2.75) is 19.4 Å². The molecule has 1 amide bonds. The third-order valence-corrected chi connectivity index (χ3v) is 2.15. The van der Waals surface area contributed by atoms with Crippen LogP contribution in [0.5, 0.6) is 0 Å². The Morgan fingerprint density at radius 1 is 1.73 bits per heavy atom. The molecule has 4 heteroatoms. The third-order valence-electron chi connectivity index (χ3n) is 2.15. The minimum atomic E-state index is 0.185. The van der Waals surface area contributed by atoms with Gasteiger partial charge in [0.05, 0.1) is 0 Å². The van der Waals surface area contributed by atoms with Gasteiger partial charge in [-0.05, 0) is 6.92 Å². The number of nitrogens with zero attached hydrogens (tertiary/aromatic N) is 2. The minimum absolute atomic E-state index is 0.185. The van der Waals surface area contributed by atoms with E-state index in [2.05, 4.69) is 0 Å². The summed E-state index contributed by atoms with van der Waals surface area (Å²) in [6.07, 6.45) is 0.626. The molecular formula is C7H15N3O. The lowest BCUT2D eigenvalue weighted by molar-refractivity contribution is -0.137. The van der Waals surface area contributed by atoms with Gasteiger partial charge in [-0.1, -0.05) is 0 Å². The lowest BCUT2D eigenvalue weighted by Gasteiger charge is -2.29. The van der Waals surface area contributed by atoms with Crippen molar-refractivity contribution in [3.8, 4) is 0 Å². The number of carbonyl (C=O) groups is 1. The first kappa shape index (κ1) is 8.49. The first-order chi connectivity index (χ1) is 5.16. The van der Waals surface area contributed by atoms with Crippen molar-refractivity contribution in [3.05, 3.63) is 0 Å². The van der Waals surface area contributed by atoms with Gasteiger partial charge < -0.3 is 5.73 Å². The zero-order valence-corrected chi connectivity index (χ0v) is 7.08. The summed E-state index contributed by atoms with van der Waals surface area (Å²) < 4.78 is 0. The zero-order chi connectivity index (χ0) is 8.43. The van der Waals surface area contributed by atoms with Crippen LogP contribution in [0.3, 0.4) is 0 Å². The van der Waals surface area contributed by atoms with Crippen LogP contribution in [0.4, 0.5) is 0 Å². The highest BCUT2D eigenvalue weighted by Gasteiger charge is 2.28. The molecule has 2 N–H and O–H groups in total. The SMILES string of the molecule is CC(CN)N1CCC(=O)N1C. The fraction of sp³-hybridized carbons (Fsp3) is 0.857. The van der Waals surface area contributed by atoms with Crippen molar-refractivity contribution in [2.24, 2.45) is 5.73 Å². The second-order valence-electron chi connectivity index (χ2n) is 2.92. The number of rotatable bonds is 2. The van der Waals surface area contributed by atoms with E-state index in [0.29, 0.717) is 13.0 Å². The van der Waals surface area contributed by atoms with Crippen LogP contribution in [0.25, 0.3) is 0 Å². The number of hydrogen-bond donors (Lipinski definition) is 1. The molecule has 1 aliphatic heterocycles.